The molecule has 4 aliphatic rings. The first-order valence-electron chi connectivity index (χ1n) is 15.4. The van der Waals surface area contributed by atoms with E-state index in [1.54, 1.807) is 12.1 Å². The standard InChI is InChI=1S/C35H50O3/c1-7-33(4,38-31(36)25-11-9-8-10-12-25)19-17-24(2)28-15-16-29-27-14-13-26-23-32(3,37)21-22-34(26,5)30(27)18-20-35(28,29)6/h1,8-12,24,26-30,37H,13-23H2,2-6H3/t24-,26+,27+,28-,29+,30+,32+,33+,34+,35-/m1/s1. The van der Waals surface area contributed by atoms with Gasteiger partial charge < -0.3 is 9.84 Å². The Kier molecular flexibility index (Phi) is 7.30. The van der Waals surface area contributed by atoms with Crippen molar-refractivity contribution in [2.24, 2.45) is 46.3 Å². The van der Waals surface area contributed by atoms with Crippen molar-refractivity contribution in [3.63, 3.8) is 0 Å². The molecule has 0 unspecified atom stereocenters. The lowest BCUT2D eigenvalue weighted by Gasteiger charge is -2.62. The van der Waals surface area contributed by atoms with Crippen LogP contribution < -0.4 is 0 Å². The number of ether oxygens (including phenoxy) is 1. The van der Waals surface area contributed by atoms with Gasteiger partial charge in [-0.1, -0.05) is 44.9 Å². The van der Waals surface area contributed by atoms with Gasteiger partial charge in [-0.15, -0.1) is 6.42 Å². The summed E-state index contributed by atoms with van der Waals surface area (Å²) >= 11 is 0. The lowest BCUT2D eigenvalue weighted by atomic mass is 9.43. The van der Waals surface area contributed by atoms with Crippen molar-refractivity contribution in [1.82, 2.24) is 0 Å². The Labute approximate surface area is 231 Å². The number of carbonyl (C=O) groups excluding carboxylic acids is 1. The van der Waals surface area contributed by atoms with Gasteiger partial charge in [-0.05, 0) is 143 Å². The van der Waals surface area contributed by atoms with Crippen molar-refractivity contribution in [3.8, 4) is 12.3 Å². The van der Waals surface area contributed by atoms with E-state index in [-0.39, 0.29) is 5.97 Å². The van der Waals surface area contributed by atoms with Crippen molar-refractivity contribution in [2.75, 3.05) is 0 Å². The Hall–Kier alpha value is -1.79. The Morgan fingerprint density at radius 2 is 1.76 bits per heavy atom. The first-order chi connectivity index (χ1) is 17.9. The van der Waals surface area contributed by atoms with Crippen LogP contribution in [0.2, 0.25) is 0 Å². The van der Waals surface area contributed by atoms with Crippen LogP contribution in [0.5, 0.6) is 0 Å². The number of carbonyl (C=O) groups is 1. The molecule has 0 spiro atoms. The fourth-order valence-corrected chi connectivity index (χ4v) is 10.1. The van der Waals surface area contributed by atoms with Gasteiger partial charge in [0.15, 0.2) is 5.60 Å². The van der Waals surface area contributed by atoms with E-state index in [0.717, 1.165) is 37.0 Å². The van der Waals surface area contributed by atoms with Gasteiger partial charge in [0.1, 0.15) is 0 Å². The first-order valence-corrected chi connectivity index (χ1v) is 15.4. The highest BCUT2D eigenvalue weighted by atomic mass is 16.6. The second-order valence-corrected chi connectivity index (χ2v) is 14.7. The summed E-state index contributed by atoms with van der Waals surface area (Å²) in [6, 6.07) is 9.15. The molecule has 0 aromatic heterocycles. The molecule has 5 rings (SSSR count). The molecule has 4 fully saturated rings. The second kappa shape index (κ2) is 9.99. The van der Waals surface area contributed by atoms with Crippen LogP contribution in [0, 0.1) is 58.7 Å². The summed E-state index contributed by atoms with van der Waals surface area (Å²) in [5.41, 5.74) is 0.0171. The number of rotatable bonds is 6. The van der Waals surface area contributed by atoms with Crippen LogP contribution in [0.1, 0.15) is 116 Å². The van der Waals surface area contributed by atoms with E-state index in [4.69, 9.17) is 11.2 Å². The summed E-state index contributed by atoms with van der Waals surface area (Å²) in [4.78, 5) is 12.7. The lowest BCUT2D eigenvalue weighted by Crippen LogP contribution is -2.55. The predicted octanol–water partition coefficient (Wildman–Crippen LogP) is 8.06. The minimum atomic E-state index is -0.882. The van der Waals surface area contributed by atoms with Crippen molar-refractivity contribution in [1.29, 1.82) is 0 Å². The van der Waals surface area contributed by atoms with Crippen LogP contribution in [0.15, 0.2) is 30.3 Å². The predicted molar refractivity (Wildman–Crippen MR) is 153 cm³/mol. The van der Waals surface area contributed by atoms with E-state index in [9.17, 15) is 9.90 Å². The normalized spacial score (nSPS) is 42.5. The fraction of sp³-hybridized carbons (Fsp3) is 0.743. The van der Waals surface area contributed by atoms with Gasteiger partial charge in [-0.2, -0.15) is 0 Å². The van der Waals surface area contributed by atoms with Crippen molar-refractivity contribution in [2.45, 2.75) is 116 Å². The summed E-state index contributed by atoms with van der Waals surface area (Å²) in [7, 11) is 0. The Morgan fingerprint density at radius 1 is 1.05 bits per heavy atom. The second-order valence-electron chi connectivity index (χ2n) is 14.7. The molecule has 1 aromatic carbocycles. The molecule has 3 nitrogen and oxygen atoms in total. The van der Waals surface area contributed by atoms with Crippen LogP contribution in [0.4, 0.5) is 0 Å². The third-order valence-electron chi connectivity index (χ3n) is 12.4. The zero-order valence-electron chi connectivity index (χ0n) is 24.5. The molecular weight excluding hydrogens is 468 g/mol. The topological polar surface area (TPSA) is 46.5 Å². The van der Waals surface area contributed by atoms with Gasteiger partial charge in [0.05, 0.1) is 11.2 Å². The van der Waals surface area contributed by atoms with Crippen molar-refractivity contribution >= 4 is 5.97 Å². The molecule has 0 bridgehead atoms. The van der Waals surface area contributed by atoms with Gasteiger partial charge in [-0.25, -0.2) is 4.79 Å². The quantitative estimate of drug-likeness (QED) is 0.306. The molecule has 0 saturated heterocycles. The fourth-order valence-electron chi connectivity index (χ4n) is 10.1. The Balaban J connectivity index is 1.24. The highest BCUT2D eigenvalue weighted by Crippen LogP contribution is 2.68. The number of esters is 1. The molecule has 1 aromatic rings. The number of aliphatic hydroxyl groups is 1. The van der Waals surface area contributed by atoms with E-state index in [1.807, 2.05) is 25.1 Å². The molecule has 4 saturated carbocycles. The highest BCUT2D eigenvalue weighted by Gasteiger charge is 2.61. The average molecular weight is 519 g/mol. The molecule has 0 aliphatic heterocycles. The zero-order valence-corrected chi connectivity index (χ0v) is 24.5. The third-order valence-corrected chi connectivity index (χ3v) is 12.4. The maximum Gasteiger partial charge on any atom is 0.339 e. The third kappa shape index (κ3) is 4.85. The number of benzene rings is 1. The molecular formula is C35H50O3. The molecule has 3 heteroatoms. The van der Waals surface area contributed by atoms with Crippen molar-refractivity contribution < 1.29 is 14.6 Å². The number of hydrogen-bond acceptors (Lipinski definition) is 3. The minimum absolute atomic E-state index is 0.335. The number of terminal acetylenes is 1. The average Bonchev–Trinajstić information content (AvgIpc) is 3.25. The van der Waals surface area contributed by atoms with E-state index < -0.39 is 11.2 Å². The molecule has 38 heavy (non-hydrogen) atoms. The lowest BCUT2D eigenvalue weighted by molar-refractivity contribution is -0.148. The van der Waals surface area contributed by atoms with Gasteiger partial charge in [0, 0.05) is 0 Å². The number of hydrogen-bond donors (Lipinski definition) is 1. The van der Waals surface area contributed by atoms with Crippen LogP contribution in [-0.2, 0) is 4.74 Å². The first kappa shape index (κ1) is 27.8. The SMILES string of the molecule is C#C[C@@](C)(CC[C@@H](C)[C@H]1CC[C@H]2[C@@H]3CC[C@H]4C[C@@](C)(O)CC[C@]4(C)[C@H]3CC[C@]12C)OC(=O)c1ccccc1. The maximum atomic E-state index is 12.7. The van der Waals surface area contributed by atoms with Gasteiger partial charge >= 0.3 is 5.97 Å². The Morgan fingerprint density at radius 3 is 2.47 bits per heavy atom. The minimum Gasteiger partial charge on any atom is -0.443 e. The molecule has 0 heterocycles. The van der Waals surface area contributed by atoms with E-state index >= 15 is 0 Å². The van der Waals surface area contributed by atoms with E-state index in [1.165, 1.54) is 44.9 Å². The monoisotopic (exact) mass is 518 g/mol. The van der Waals surface area contributed by atoms with Gasteiger partial charge in [-0.3, -0.25) is 0 Å². The molecule has 208 valence electrons. The largest absolute Gasteiger partial charge is 0.443 e. The summed E-state index contributed by atoms with van der Waals surface area (Å²) in [6.07, 6.45) is 18.8. The van der Waals surface area contributed by atoms with Crippen LogP contribution in [0.25, 0.3) is 0 Å². The summed E-state index contributed by atoms with van der Waals surface area (Å²) in [6.45, 7) is 11.6. The van der Waals surface area contributed by atoms with Crippen LogP contribution in [-0.4, -0.2) is 22.3 Å². The Bertz CT molecular complexity index is 1050. The van der Waals surface area contributed by atoms with Gasteiger partial charge in [0.2, 0.25) is 0 Å². The summed E-state index contributed by atoms with van der Waals surface area (Å²) in [5.74, 6) is 6.91. The van der Waals surface area contributed by atoms with Crippen molar-refractivity contribution in [3.05, 3.63) is 35.9 Å². The van der Waals surface area contributed by atoms with E-state index in [0.29, 0.717) is 40.6 Å². The summed E-state index contributed by atoms with van der Waals surface area (Å²) in [5, 5.41) is 10.8. The molecule has 0 amide bonds. The molecule has 10 atom stereocenters. The molecule has 4 aliphatic carbocycles. The zero-order chi connectivity index (χ0) is 27.3. The highest BCUT2D eigenvalue weighted by molar-refractivity contribution is 5.89. The van der Waals surface area contributed by atoms with E-state index in [2.05, 4.69) is 33.6 Å². The van der Waals surface area contributed by atoms with Gasteiger partial charge in [0.25, 0.3) is 0 Å². The van der Waals surface area contributed by atoms with Crippen LogP contribution in [0.3, 0.4) is 0 Å². The number of fused-ring (bicyclic) bond motifs is 5. The maximum absolute atomic E-state index is 12.7. The molecule has 0 radical (unpaired) electrons. The van der Waals surface area contributed by atoms with Crippen LogP contribution >= 0.6 is 0 Å². The summed E-state index contributed by atoms with van der Waals surface area (Å²) < 4.78 is 5.87. The molecule has 1 N–H and O–H groups in total. The smallest absolute Gasteiger partial charge is 0.339 e.